The minimum atomic E-state index is -3.37. The van der Waals surface area contributed by atoms with Gasteiger partial charge in [-0.1, -0.05) is 30.3 Å². The van der Waals surface area contributed by atoms with E-state index in [1.54, 1.807) is 25.1 Å². The Morgan fingerprint density at radius 1 is 1.16 bits per heavy atom. The van der Waals surface area contributed by atoms with Crippen LogP contribution in [0.1, 0.15) is 37.7 Å². The molecule has 0 bridgehead atoms. The number of anilines is 1. The molecule has 3 aromatic rings. The van der Waals surface area contributed by atoms with Crippen molar-refractivity contribution in [3.05, 3.63) is 70.2 Å². The summed E-state index contributed by atoms with van der Waals surface area (Å²) in [5, 5.41) is 0.714. The van der Waals surface area contributed by atoms with E-state index in [0.717, 1.165) is 11.1 Å². The highest BCUT2D eigenvalue weighted by Crippen LogP contribution is 2.30. The number of carbonyl (C=O) groups excluding carboxylic acids is 2. The lowest BCUT2D eigenvalue weighted by Gasteiger charge is -2.29. The van der Waals surface area contributed by atoms with Crippen molar-refractivity contribution in [2.45, 2.75) is 19.8 Å². The second-order valence-corrected chi connectivity index (χ2v) is 10.5. The van der Waals surface area contributed by atoms with Crippen LogP contribution >= 0.6 is 11.3 Å². The molecule has 1 aliphatic heterocycles. The Morgan fingerprint density at radius 2 is 1.91 bits per heavy atom. The second-order valence-electron chi connectivity index (χ2n) is 7.58. The fraction of sp³-hybridized carbons (Fsp3) is 0.261. The summed E-state index contributed by atoms with van der Waals surface area (Å²) in [4.78, 5) is 30.0. The largest absolute Gasteiger partial charge is 0.453 e. The molecule has 0 saturated carbocycles. The maximum Gasteiger partial charge on any atom is 0.350 e. The van der Waals surface area contributed by atoms with Crippen LogP contribution in [0.4, 0.5) is 5.69 Å². The lowest BCUT2D eigenvalue weighted by Crippen LogP contribution is -2.34. The average molecular weight is 471 g/mol. The molecule has 0 aliphatic carbocycles. The number of ether oxygens (including phenoxy) is 1. The fourth-order valence-corrected chi connectivity index (χ4v) is 5.61. The van der Waals surface area contributed by atoms with E-state index in [-0.39, 0.29) is 5.78 Å². The smallest absolute Gasteiger partial charge is 0.350 e. The van der Waals surface area contributed by atoms with Gasteiger partial charge in [-0.15, -0.1) is 11.3 Å². The van der Waals surface area contributed by atoms with Crippen molar-refractivity contribution in [3.63, 3.8) is 0 Å². The van der Waals surface area contributed by atoms with E-state index >= 15 is 0 Å². The molecule has 0 unspecified atom stereocenters. The number of thiazole rings is 1. The van der Waals surface area contributed by atoms with Crippen molar-refractivity contribution in [3.8, 4) is 10.6 Å². The first-order chi connectivity index (χ1) is 15.2. The monoisotopic (exact) mass is 470 g/mol. The third kappa shape index (κ3) is 4.58. The molecular weight excluding hydrogens is 448 g/mol. The molecule has 0 radical (unpaired) electrons. The first-order valence-electron chi connectivity index (χ1n) is 10.1. The quantitative estimate of drug-likeness (QED) is 0.401. The minimum Gasteiger partial charge on any atom is -0.453 e. The molecule has 4 rings (SSSR count). The molecule has 2 aromatic carbocycles. The number of nitrogens with zero attached hydrogens (tertiary/aromatic N) is 2. The van der Waals surface area contributed by atoms with Gasteiger partial charge in [0.2, 0.25) is 10.0 Å². The van der Waals surface area contributed by atoms with Gasteiger partial charge in [0.15, 0.2) is 12.4 Å². The van der Waals surface area contributed by atoms with Crippen LogP contribution in [0.3, 0.4) is 0 Å². The maximum atomic E-state index is 12.6. The summed E-state index contributed by atoms with van der Waals surface area (Å²) >= 11 is 1.23. The lowest BCUT2D eigenvalue weighted by molar-refractivity contribution is 0.0478. The molecule has 0 atom stereocenters. The molecule has 32 heavy (non-hydrogen) atoms. The molecule has 0 saturated heterocycles. The number of rotatable bonds is 6. The van der Waals surface area contributed by atoms with Gasteiger partial charge in [0, 0.05) is 17.7 Å². The number of carbonyl (C=O) groups is 2. The Hall–Kier alpha value is -3.04. The number of aromatic nitrogens is 1. The third-order valence-corrected chi connectivity index (χ3v) is 7.58. The summed E-state index contributed by atoms with van der Waals surface area (Å²) < 4.78 is 30.6. The number of sulfonamides is 1. The van der Waals surface area contributed by atoms with Crippen LogP contribution in [0.25, 0.3) is 10.6 Å². The lowest BCUT2D eigenvalue weighted by atomic mass is 9.99. The Bertz CT molecular complexity index is 1280. The first kappa shape index (κ1) is 22.2. The molecule has 2 heterocycles. The molecule has 0 N–H and O–H groups in total. The SMILES string of the molecule is Cc1nc(-c2ccccc2)sc1C(=O)OCC(=O)c1ccc2c(c1)CCCN2S(C)(=O)=O. The average Bonchev–Trinajstić information content (AvgIpc) is 3.18. The Kier molecular flexibility index (Phi) is 6.12. The van der Waals surface area contributed by atoms with Crippen molar-refractivity contribution >= 4 is 38.8 Å². The van der Waals surface area contributed by atoms with E-state index < -0.39 is 22.6 Å². The summed E-state index contributed by atoms with van der Waals surface area (Å²) in [6, 6.07) is 14.4. The number of hydrogen-bond donors (Lipinski definition) is 0. The van der Waals surface area contributed by atoms with Crippen LogP contribution < -0.4 is 4.31 Å². The van der Waals surface area contributed by atoms with E-state index in [2.05, 4.69) is 4.98 Å². The minimum absolute atomic E-state index is 0.344. The molecule has 1 aliphatic rings. The van der Waals surface area contributed by atoms with Crippen molar-refractivity contribution in [2.24, 2.45) is 0 Å². The van der Waals surface area contributed by atoms with Gasteiger partial charge in [-0.25, -0.2) is 18.2 Å². The fourth-order valence-electron chi connectivity index (χ4n) is 3.65. The second kappa shape index (κ2) is 8.84. The van der Waals surface area contributed by atoms with Gasteiger partial charge in [0.1, 0.15) is 9.88 Å². The van der Waals surface area contributed by atoms with Gasteiger partial charge in [0.25, 0.3) is 0 Å². The Morgan fingerprint density at radius 3 is 2.62 bits per heavy atom. The van der Waals surface area contributed by atoms with Gasteiger partial charge in [-0.05, 0) is 43.5 Å². The molecule has 0 fully saturated rings. The standard InChI is InChI=1S/C23H22N2O5S2/c1-15-21(31-22(24-15)16-7-4-3-5-8-16)23(27)30-14-20(26)18-10-11-19-17(13-18)9-6-12-25(19)32(2,28)29/h3-5,7-8,10-11,13H,6,9,12,14H2,1-2H3. The molecule has 1 aromatic heterocycles. The summed E-state index contributed by atoms with van der Waals surface area (Å²) in [6.45, 7) is 1.76. The molecule has 166 valence electrons. The van der Waals surface area contributed by atoms with Gasteiger partial charge in [-0.3, -0.25) is 9.10 Å². The van der Waals surface area contributed by atoms with E-state index in [0.29, 0.717) is 46.2 Å². The Labute approximate surface area is 190 Å². The zero-order valence-corrected chi connectivity index (χ0v) is 19.3. The predicted octanol–water partition coefficient (Wildman–Crippen LogP) is 3.87. The van der Waals surface area contributed by atoms with Crippen LogP contribution in [0.2, 0.25) is 0 Å². The van der Waals surface area contributed by atoms with Gasteiger partial charge in [0.05, 0.1) is 17.6 Å². The van der Waals surface area contributed by atoms with E-state index in [1.807, 2.05) is 30.3 Å². The Balaban J connectivity index is 1.45. The van der Waals surface area contributed by atoms with E-state index in [1.165, 1.54) is 21.9 Å². The topological polar surface area (TPSA) is 93.6 Å². The van der Waals surface area contributed by atoms with Crippen LogP contribution in [0, 0.1) is 6.92 Å². The highest BCUT2D eigenvalue weighted by Gasteiger charge is 2.25. The summed E-state index contributed by atoms with van der Waals surface area (Å²) in [6.07, 6.45) is 2.54. The van der Waals surface area contributed by atoms with Gasteiger partial charge < -0.3 is 4.74 Å². The number of aryl methyl sites for hydroxylation is 2. The zero-order valence-electron chi connectivity index (χ0n) is 17.7. The summed E-state index contributed by atoms with van der Waals surface area (Å²) in [7, 11) is -3.37. The van der Waals surface area contributed by atoms with Crippen molar-refractivity contribution in [1.82, 2.24) is 4.98 Å². The number of fused-ring (bicyclic) bond motifs is 1. The molecule has 0 spiro atoms. The summed E-state index contributed by atoms with van der Waals surface area (Å²) in [5.74, 6) is -0.931. The highest BCUT2D eigenvalue weighted by molar-refractivity contribution is 7.92. The molecule has 7 nitrogen and oxygen atoms in total. The number of Topliss-reactive ketones (excluding diaryl/α,β-unsaturated/α-hetero) is 1. The van der Waals surface area contributed by atoms with Crippen molar-refractivity contribution in [1.29, 1.82) is 0 Å². The van der Waals surface area contributed by atoms with Crippen LogP contribution in [-0.4, -0.2) is 44.6 Å². The molecule has 9 heteroatoms. The van der Waals surface area contributed by atoms with Crippen LogP contribution in [0.15, 0.2) is 48.5 Å². The molecular formula is C23H22N2O5S2. The van der Waals surface area contributed by atoms with Crippen LogP contribution in [-0.2, 0) is 21.2 Å². The van der Waals surface area contributed by atoms with Gasteiger partial charge in [-0.2, -0.15) is 0 Å². The van der Waals surface area contributed by atoms with Crippen molar-refractivity contribution < 1.29 is 22.7 Å². The molecule has 0 amide bonds. The number of benzene rings is 2. The number of ketones is 1. The van der Waals surface area contributed by atoms with E-state index in [4.69, 9.17) is 4.74 Å². The predicted molar refractivity (Wildman–Crippen MR) is 124 cm³/mol. The number of esters is 1. The zero-order chi connectivity index (χ0) is 22.9. The first-order valence-corrected chi connectivity index (χ1v) is 12.7. The van der Waals surface area contributed by atoms with E-state index in [9.17, 15) is 18.0 Å². The van der Waals surface area contributed by atoms with Crippen molar-refractivity contribution in [2.75, 3.05) is 23.7 Å². The third-order valence-electron chi connectivity index (χ3n) is 5.21. The van der Waals surface area contributed by atoms with Gasteiger partial charge >= 0.3 is 5.97 Å². The highest BCUT2D eigenvalue weighted by atomic mass is 32.2. The normalized spacial score (nSPS) is 13.5. The summed E-state index contributed by atoms with van der Waals surface area (Å²) in [5.41, 5.74) is 3.25. The maximum absolute atomic E-state index is 12.6. The van der Waals surface area contributed by atoms with Crippen LogP contribution in [0.5, 0.6) is 0 Å². The number of hydrogen-bond acceptors (Lipinski definition) is 7.